The number of phenols is 1. The van der Waals surface area contributed by atoms with Gasteiger partial charge in [-0.25, -0.2) is 4.98 Å². The highest BCUT2D eigenvalue weighted by Gasteiger charge is 2.34. The number of aryl methyl sites for hydroxylation is 1. The van der Waals surface area contributed by atoms with Crippen LogP contribution in [0.2, 0.25) is 0 Å². The van der Waals surface area contributed by atoms with Crippen molar-refractivity contribution < 1.29 is 9.90 Å². The van der Waals surface area contributed by atoms with Crippen molar-refractivity contribution in [3.05, 3.63) is 76.1 Å². The van der Waals surface area contributed by atoms with Crippen LogP contribution in [0.25, 0.3) is 6.08 Å². The number of aliphatic imine (C=N–C) groups is 1. The minimum atomic E-state index is -0.151. The van der Waals surface area contributed by atoms with Gasteiger partial charge in [0.1, 0.15) is 5.75 Å². The first-order chi connectivity index (χ1) is 13.1. The molecule has 7 heteroatoms. The number of hydrogen-bond acceptors (Lipinski definition) is 6. The molecule has 0 spiro atoms. The SMILES string of the molecule is Cc1csc(/N=C2/S/C(=C\c3cccc(O)c3)C(=O)N2c2ccccc2)n1. The number of para-hydroxylation sites is 1. The molecule has 2 aromatic carbocycles. The fourth-order valence-corrected chi connectivity index (χ4v) is 4.30. The van der Waals surface area contributed by atoms with Gasteiger partial charge in [-0.3, -0.25) is 9.69 Å². The number of aromatic nitrogens is 1. The number of phenolic OH excluding ortho intramolecular Hbond substituents is 1. The van der Waals surface area contributed by atoms with Crippen molar-refractivity contribution in [3.8, 4) is 5.75 Å². The summed E-state index contributed by atoms with van der Waals surface area (Å²) in [6.45, 7) is 1.91. The number of rotatable bonds is 3. The largest absolute Gasteiger partial charge is 0.508 e. The van der Waals surface area contributed by atoms with Crippen LogP contribution in [0.15, 0.2) is 69.9 Å². The Labute approximate surface area is 164 Å². The summed E-state index contributed by atoms with van der Waals surface area (Å²) in [4.78, 5) is 24.2. The maximum absolute atomic E-state index is 13.1. The summed E-state index contributed by atoms with van der Waals surface area (Å²) in [5.74, 6) is 0.00781. The van der Waals surface area contributed by atoms with Gasteiger partial charge in [0, 0.05) is 5.38 Å². The van der Waals surface area contributed by atoms with Gasteiger partial charge in [0.15, 0.2) is 5.17 Å². The van der Waals surface area contributed by atoms with Crippen LogP contribution in [-0.2, 0) is 4.79 Å². The maximum Gasteiger partial charge on any atom is 0.271 e. The summed E-state index contributed by atoms with van der Waals surface area (Å²) in [6.07, 6.45) is 1.76. The molecular formula is C20H15N3O2S2. The van der Waals surface area contributed by atoms with Gasteiger partial charge in [-0.15, -0.1) is 11.3 Å². The van der Waals surface area contributed by atoms with E-state index in [1.807, 2.05) is 48.7 Å². The van der Waals surface area contributed by atoms with E-state index in [9.17, 15) is 9.90 Å². The van der Waals surface area contributed by atoms with Gasteiger partial charge >= 0.3 is 0 Å². The smallest absolute Gasteiger partial charge is 0.271 e. The van der Waals surface area contributed by atoms with E-state index >= 15 is 0 Å². The molecule has 1 aliphatic heterocycles. The summed E-state index contributed by atoms with van der Waals surface area (Å²) < 4.78 is 0. The van der Waals surface area contributed by atoms with E-state index in [1.54, 1.807) is 29.2 Å². The van der Waals surface area contributed by atoms with Crippen molar-refractivity contribution in [1.29, 1.82) is 0 Å². The maximum atomic E-state index is 13.1. The minimum absolute atomic E-state index is 0.151. The van der Waals surface area contributed by atoms with E-state index in [2.05, 4.69) is 9.98 Å². The lowest BCUT2D eigenvalue weighted by Crippen LogP contribution is -2.28. The van der Waals surface area contributed by atoms with Crippen molar-refractivity contribution >= 4 is 51.1 Å². The molecule has 3 aromatic rings. The highest BCUT2D eigenvalue weighted by Crippen LogP contribution is 2.37. The van der Waals surface area contributed by atoms with E-state index in [1.165, 1.54) is 23.1 Å². The van der Waals surface area contributed by atoms with Gasteiger partial charge in [-0.2, -0.15) is 4.99 Å². The molecule has 0 saturated carbocycles. The van der Waals surface area contributed by atoms with Gasteiger partial charge in [-0.1, -0.05) is 30.3 Å². The molecule has 0 bridgehead atoms. The lowest BCUT2D eigenvalue weighted by molar-refractivity contribution is -0.113. The number of amides is 1. The number of hydrogen-bond donors (Lipinski definition) is 1. The lowest BCUT2D eigenvalue weighted by Gasteiger charge is -2.14. The Balaban J connectivity index is 1.77. The Morgan fingerprint density at radius 1 is 1.15 bits per heavy atom. The number of aromatic hydroxyl groups is 1. The molecule has 4 rings (SSSR count). The number of nitrogens with zero attached hydrogens (tertiary/aromatic N) is 3. The van der Waals surface area contributed by atoms with Crippen LogP contribution in [0.4, 0.5) is 10.8 Å². The van der Waals surface area contributed by atoms with E-state index in [0.717, 1.165) is 16.9 Å². The summed E-state index contributed by atoms with van der Waals surface area (Å²) in [7, 11) is 0. The minimum Gasteiger partial charge on any atom is -0.508 e. The molecule has 1 saturated heterocycles. The van der Waals surface area contributed by atoms with E-state index < -0.39 is 0 Å². The molecule has 27 heavy (non-hydrogen) atoms. The van der Waals surface area contributed by atoms with Crippen molar-refractivity contribution in [2.24, 2.45) is 4.99 Å². The molecular weight excluding hydrogens is 378 g/mol. The highest BCUT2D eigenvalue weighted by atomic mass is 32.2. The topological polar surface area (TPSA) is 65.8 Å². The van der Waals surface area contributed by atoms with Crippen LogP contribution < -0.4 is 4.90 Å². The van der Waals surface area contributed by atoms with E-state index in [4.69, 9.17) is 0 Å². The number of anilines is 1. The Morgan fingerprint density at radius 2 is 1.96 bits per heavy atom. The second kappa shape index (κ2) is 7.38. The average Bonchev–Trinajstić information content (AvgIpc) is 3.19. The van der Waals surface area contributed by atoms with Crippen molar-refractivity contribution in [2.75, 3.05) is 4.90 Å². The second-order valence-corrected chi connectivity index (χ2v) is 7.69. The van der Waals surface area contributed by atoms with Gasteiger partial charge in [0.25, 0.3) is 5.91 Å². The summed E-state index contributed by atoms with van der Waals surface area (Å²) >= 11 is 2.74. The van der Waals surface area contributed by atoms with Gasteiger partial charge in [-0.05, 0) is 54.6 Å². The number of thiazole rings is 1. The first-order valence-corrected chi connectivity index (χ1v) is 9.89. The fraction of sp³-hybridized carbons (Fsp3) is 0.0500. The number of carbonyl (C=O) groups is 1. The molecule has 0 aliphatic carbocycles. The average molecular weight is 393 g/mol. The number of thioether (sulfide) groups is 1. The van der Waals surface area contributed by atoms with Crippen LogP contribution in [0.5, 0.6) is 5.75 Å². The summed E-state index contributed by atoms with van der Waals surface area (Å²) in [5.41, 5.74) is 2.40. The standard InChI is InChI=1S/C20H15N3O2S2/c1-13-12-26-19(21-13)22-20-23(15-7-3-2-4-8-15)18(25)17(27-20)11-14-6-5-9-16(24)10-14/h2-12,24H,1H3/b17-11-,22-20+. The molecule has 0 radical (unpaired) electrons. The zero-order chi connectivity index (χ0) is 18.8. The monoisotopic (exact) mass is 393 g/mol. The molecule has 1 aliphatic rings. The fourth-order valence-electron chi connectivity index (χ4n) is 2.59. The zero-order valence-corrected chi connectivity index (χ0v) is 16.0. The molecule has 5 nitrogen and oxygen atoms in total. The Bertz CT molecular complexity index is 1060. The zero-order valence-electron chi connectivity index (χ0n) is 14.4. The van der Waals surface area contributed by atoms with Gasteiger partial charge in [0.05, 0.1) is 16.3 Å². The Morgan fingerprint density at radius 3 is 2.67 bits per heavy atom. The molecule has 0 atom stereocenters. The molecule has 0 unspecified atom stereocenters. The van der Waals surface area contributed by atoms with Crippen molar-refractivity contribution in [2.45, 2.75) is 6.92 Å². The van der Waals surface area contributed by atoms with Gasteiger partial charge in [0.2, 0.25) is 5.13 Å². The third kappa shape index (κ3) is 3.79. The molecule has 134 valence electrons. The first-order valence-electron chi connectivity index (χ1n) is 8.19. The summed E-state index contributed by atoms with van der Waals surface area (Å²) in [5, 5.41) is 12.8. The predicted octanol–water partition coefficient (Wildman–Crippen LogP) is 4.97. The predicted molar refractivity (Wildman–Crippen MR) is 112 cm³/mol. The third-order valence-corrected chi connectivity index (χ3v) is 5.61. The first kappa shape index (κ1) is 17.5. The van der Waals surface area contributed by atoms with Crippen LogP contribution in [0.3, 0.4) is 0 Å². The van der Waals surface area contributed by atoms with Crippen molar-refractivity contribution in [3.63, 3.8) is 0 Å². The van der Waals surface area contributed by atoms with Crippen LogP contribution in [0, 0.1) is 6.92 Å². The molecule has 1 N–H and O–H groups in total. The van der Waals surface area contributed by atoms with E-state index in [-0.39, 0.29) is 11.7 Å². The second-order valence-electron chi connectivity index (χ2n) is 5.85. The summed E-state index contributed by atoms with van der Waals surface area (Å²) in [6, 6.07) is 16.2. The molecule has 2 heterocycles. The third-order valence-electron chi connectivity index (χ3n) is 3.79. The molecule has 1 aromatic heterocycles. The number of carbonyl (C=O) groups excluding carboxylic acids is 1. The van der Waals surface area contributed by atoms with Crippen molar-refractivity contribution in [1.82, 2.24) is 4.98 Å². The van der Waals surface area contributed by atoms with Crippen LogP contribution in [-0.4, -0.2) is 21.2 Å². The Kier molecular flexibility index (Phi) is 4.79. The normalized spacial score (nSPS) is 17.2. The number of benzene rings is 2. The number of amidine groups is 1. The van der Waals surface area contributed by atoms with E-state index in [0.29, 0.717) is 15.2 Å². The quantitative estimate of drug-likeness (QED) is 0.638. The van der Waals surface area contributed by atoms with Crippen LogP contribution in [0.1, 0.15) is 11.3 Å². The Hall–Kier alpha value is -2.90. The van der Waals surface area contributed by atoms with Crippen LogP contribution >= 0.6 is 23.1 Å². The highest BCUT2D eigenvalue weighted by molar-refractivity contribution is 8.19. The molecule has 1 fully saturated rings. The lowest BCUT2D eigenvalue weighted by atomic mass is 10.2. The van der Waals surface area contributed by atoms with Gasteiger partial charge < -0.3 is 5.11 Å². The molecule has 1 amide bonds.